The molecule has 2 aromatic rings. The number of halogens is 1. The van der Waals surface area contributed by atoms with Gasteiger partial charge in [-0.2, -0.15) is 0 Å². The van der Waals surface area contributed by atoms with Crippen LogP contribution in [0.1, 0.15) is 28.8 Å². The first-order chi connectivity index (χ1) is 12.0. The van der Waals surface area contributed by atoms with Crippen molar-refractivity contribution in [2.75, 3.05) is 43.7 Å². The van der Waals surface area contributed by atoms with Gasteiger partial charge in [0, 0.05) is 38.4 Å². The number of hydrogen-bond donors (Lipinski definition) is 0. The number of ether oxygens (including phenoxy) is 1. The first kappa shape index (κ1) is 15.9. The second kappa shape index (κ2) is 5.75. The predicted octanol–water partition coefficient (Wildman–Crippen LogP) is 1.65. The molecule has 4 rings (SSSR count). The summed E-state index contributed by atoms with van der Waals surface area (Å²) in [7, 11) is 3.11. The molecule has 0 aliphatic carbocycles. The largest absolute Gasteiger partial charge is 0.465 e. The van der Waals surface area contributed by atoms with E-state index in [1.807, 2.05) is 12.1 Å². The standard InChI is InChI=1S/C18H20FN3O3/c1-20-8-5-11-15-12(9-14(19)16(11)21-6-3-4-7-21)17(23)13(10-22(15)20)18(24)25-2/h9-10H,3-8H2,1-2H3. The van der Waals surface area contributed by atoms with Crippen LogP contribution in [0.3, 0.4) is 0 Å². The van der Waals surface area contributed by atoms with Crippen molar-refractivity contribution in [3.05, 3.63) is 39.4 Å². The molecule has 0 atom stereocenters. The fourth-order valence-electron chi connectivity index (χ4n) is 3.93. The van der Waals surface area contributed by atoms with Crippen molar-refractivity contribution in [1.82, 2.24) is 4.68 Å². The zero-order chi connectivity index (χ0) is 17.7. The summed E-state index contributed by atoms with van der Waals surface area (Å²) in [5, 5.41) is 2.15. The van der Waals surface area contributed by atoms with E-state index in [2.05, 4.69) is 4.90 Å². The average Bonchev–Trinajstić information content (AvgIpc) is 3.12. The molecule has 3 heterocycles. The van der Waals surface area contributed by atoms with Crippen molar-refractivity contribution in [2.24, 2.45) is 0 Å². The number of nitrogens with zero attached hydrogens (tertiary/aromatic N) is 3. The molecule has 0 spiro atoms. The average molecular weight is 345 g/mol. The quantitative estimate of drug-likeness (QED) is 0.775. The molecular formula is C18H20FN3O3. The van der Waals surface area contributed by atoms with Gasteiger partial charge in [0.15, 0.2) is 0 Å². The highest BCUT2D eigenvalue weighted by molar-refractivity contribution is 5.96. The number of likely N-dealkylation sites (N-methyl/N-ethyl adjacent to an activating group) is 1. The van der Waals surface area contributed by atoms with E-state index >= 15 is 0 Å². The molecule has 0 amide bonds. The van der Waals surface area contributed by atoms with Crippen LogP contribution in [0.2, 0.25) is 0 Å². The smallest absolute Gasteiger partial charge is 0.343 e. The fraction of sp³-hybridized carbons (Fsp3) is 0.444. The minimum Gasteiger partial charge on any atom is -0.465 e. The van der Waals surface area contributed by atoms with E-state index in [1.54, 1.807) is 4.68 Å². The lowest BCUT2D eigenvalue weighted by Gasteiger charge is -2.33. The molecule has 0 radical (unpaired) electrons. The highest BCUT2D eigenvalue weighted by atomic mass is 19.1. The molecule has 7 heteroatoms. The summed E-state index contributed by atoms with van der Waals surface area (Å²) in [5.41, 5.74) is 1.58. The second-order valence-corrected chi connectivity index (χ2v) is 6.62. The van der Waals surface area contributed by atoms with E-state index in [9.17, 15) is 14.0 Å². The van der Waals surface area contributed by atoms with Gasteiger partial charge in [-0.15, -0.1) is 0 Å². The number of anilines is 1. The number of methoxy groups -OCH3 is 1. The molecule has 6 nitrogen and oxygen atoms in total. The summed E-state index contributed by atoms with van der Waals surface area (Å²) in [5.74, 6) is -1.10. The summed E-state index contributed by atoms with van der Waals surface area (Å²) in [6.45, 7) is 2.33. The normalized spacial score (nSPS) is 16.6. The van der Waals surface area contributed by atoms with Gasteiger partial charge in [-0.25, -0.2) is 9.18 Å². The third kappa shape index (κ3) is 2.29. The van der Waals surface area contributed by atoms with E-state index in [1.165, 1.54) is 19.4 Å². The number of aromatic nitrogens is 1. The summed E-state index contributed by atoms with van der Waals surface area (Å²) in [4.78, 5) is 26.8. The first-order valence-electron chi connectivity index (χ1n) is 8.48. The Morgan fingerprint density at radius 2 is 1.96 bits per heavy atom. The number of esters is 1. The Labute approximate surface area is 144 Å². The van der Waals surface area contributed by atoms with Crippen LogP contribution in [-0.4, -0.2) is 44.4 Å². The molecule has 2 aliphatic rings. The minimum absolute atomic E-state index is 0.0805. The van der Waals surface area contributed by atoms with Gasteiger partial charge in [0.2, 0.25) is 5.43 Å². The van der Waals surface area contributed by atoms with Gasteiger partial charge in [-0.3, -0.25) is 9.47 Å². The number of hydrogen-bond acceptors (Lipinski definition) is 5. The maximum absolute atomic E-state index is 14.9. The van der Waals surface area contributed by atoms with E-state index in [0.717, 1.165) is 31.5 Å². The van der Waals surface area contributed by atoms with Crippen molar-refractivity contribution >= 4 is 22.6 Å². The molecule has 25 heavy (non-hydrogen) atoms. The lowest BCUT2D eigenvalue weighted by molar-refractivity contribution is 0.0598. The van der Waals surface area contributed by atoms with E-state index in [-0.39, 0.29) is 16.8 Å². The fourth-order valence-corrected chi connectivity index (χ4v) is 3.93. The minimum atomic E-state index is -0.708. The van der Waals surface area contributed by atoms with Crippen molar-refractivity contribution in [1.29, 1.82) is 0 Å². The maximum atomic E-state index is 14.9. The van der Waals surface area contributed by atoms with Gasteiger partial charge < -0.3 is 14.6 Å². The van der Waals surface area contributed by atoms with Crippen LogP contribution >= 0.6 is 0 Å². The predicted molar refractivity (Wildman–Crippen MR) is 93.7 cm³/mol. The molecule has 2 aliphatic heterocycles. The van der Waals surface area contributed by atoms with Crippen molar-refractivity contribution in [3.8, 4) is 0 Å². The Hall–Kier alpha value is -2.57. The van der Waals surface area contributed by atoms with Gasteiger partial charge in [0.1, 0.15) is 11.4 Å². The van der Waals surface area contributed by atoms with Gasteiger partial charge in [0.05, 0.1) is 23.7 Å². The van der Waals surface area contributed by atoms with Crippen LogP contribution in [-0.2, 0) is 11.2 Å². The van der Waals surface area contributed by atoms with Crippen LogP contribution in [0.25, 0.3) is 10.9 Å². The molecule has 0 bridgehead atoms. The lowest BCUT2D eigenvalue weighted by Crippen LogP contribution is -2.39. The molecule has 0 N–H and O–H groups in total. The van der Waals surface area contributed by atoms with Crippen molar-refractivity contribution in [2.45, 2.75) is 19.3 Å². The maximum Gasteiger partial charge on any atom is 0.343 e. The molecule has 1 fully saturated rings. The molecule has 1 saturated heterocycles. The number of rotatable bonds is 2. The molecule has 132 valence electrons. The highest BCUT2D eigenvalue weighted by Gasteiger charge is 2.29. The van der Waals surface area contributed by atoms with Crippen molar-refractivity contribution in [3.63, 3.8) is 0 Å². The molecule has 0 saturated carbocycles. The zero-order valence-electron chi connectivity index (χ0n) is 14.3. The van der Waals surface area contributed by atoms with Crippen LogP contribution in [0.15, 0.2) is 17.1 Å². The van der Waals surface area contributed by atoms with Gasteiger partial charge >= 0.3 is 5.97 Å². The van der Waals surface area contributed by atoms with Gasteiger partial charge in [0.25, 0.3) is 0 Å². The third-order valence-electron chi connectivity index (χ3n) is 5.17. The van der Waals surface area contributed by atoms with Crippen molar-refractivity contribution < 1.29 is 13.9 Å². The Morgan fingerprint density at radius 3 is 2.64 bits per heavy atom. The molecular weight excluding hydrogens is 325 g/mol. The third-order valence-corrected chi connectivity index (χ3v) is 5.17. The summed E-state index contributed by atoms with van der Waals surface area (Å²) < 4.78 is 21.4. The zero-order valence-corrected chi connectivity index (χ0v) is 14.3. The lowest BCUT2D eigenvalue weighted by atomic mass is 9.99. The van der Waals surface area contributed by atoms with E-state index in [0.29, 0.717) is 24.2 Å². The Morgan fingerprint density at radius 1 is 1.24 bits per heavy atom. The highest BCUT2D eigenvalue weighted by Crippen LogP contribution is 2.35. The molecule has 1 aromatic heterocycles. The Bertz CT molecular complexity index is 932. The van der Waals surface area contributed by atoms with Gasteiger partial charge in [-0.05, 0) is 25.3 Å². The SMILES string of the molecule is COC(=O)c1cn2c3c(c(N4CCCC4)c(F)cc3c1=O)CCN2C. The number of carbonyl (C=O) groups excluding carboxylic acids is 1. The summed E-state index contributed by atoms with van der Waals surface area (Å²) in [6, 6.07) is 1.27. The first-order valence-corrected chi connectivity index (χ1v) is 8.48. The Kier molecular flexibility index (Phi) is 3.67. The Balaban J connectivity index is 2.08. The van der Waals surface area contributed by atoms with Crippen LogP contribution in [0.5, 0.6) is 0 Å². The van der Waals surface area contributed by atoms with Crippen LogP contribution in [0, 0.1) is 5.82 Å². The summed E-state index contributed by atoms with van der Waals surface area (Å²) in [6.07, 6.45) is 4.26. The van der Waals surface area contributed by atoms with Gasteiger partial charge in [-0.1, -0.05) is 0 Å². The van der Waals surface area contributed by atoms with Crippen LogP contribution in [0.4, 0.5) is 10.1 Å². The number of carbonyl (C=O) groups is 1. The second-order valence-electron chi connectivity index (χ2n) is 6.62. The molecule has 1 aromatic carbocycles. The van der Waals surface area contributed by atoms with E-state index < -0.39 is 11.4 Å². The number of benzene rings is 1. The number of pyridine rings is 1. The summed E-state index contributed by atoms with van der Waals surface area (Å²) >= 11 is 0. The van der Waals surface area contributed by atoms with Crippen LogP contribution < -0.4 is 15.3 Å². The monoisotopic (exact) mass is 345 g/mol. The van der Waals surface area contributed by atoms with E-state index in [4.69, 9.17) is 4.74 Å². The topological polar surface area (TPSA) is 54.8 Å². The molecule has 0 unspecified atom stereocenters.